The molecule has 0 unspecified atom stereocenters. The molecule has 10 nitrogen and oxygen atoms in total. The molecule has 5 aliphatic rings. The minimum Gasteiger partial charge on any atom is -0.481 e. The van der Waals surface area contributed by atoms with Gasteiger partial charge in [-0.25, -0.2) is 8.78 Å². The van der Waals surface area contributed by atoms with E-state index >= 15 is 0 Å². The van der Waals surface area contributed by atoms with E-state index in [0.717, 1.165) is 37.5 Å². The molecule has 3 aromatic rings. The highest BCUT2D eigenvalue weighted by molar-refractivity contribution is 6.05. The first-order valence-corrected chi connectivity index (χ1v) is 18.6. The molecule has 4 heterocycles. The summed E-state index contributed by atoms with van der Waals surface area (Å²) in [5, 5.41) is 8.79. The number of rotatable bonds is 10. The van der Waals surface area contributed by atoms with Crippen LogP contribution in [-0.4, -0.2) is 102 Å². The fourth-order valence-electron chi connectivity index (χ4n) is 8.73. The number of piperidine rings is 1. The van der Waals surface area contributed by atoms with Crippen LogP contribution in [0.4, 0.5) is 33.5 Å². The fourth-order valence-corrected chi connectivity index (χ4v) is 8.73. The zero-order chi connectivity index (χ0) is 38.2. The zero-order valence-electron chi connectivity index (χ0n) is 30.2. The second kappa shape index (κ2) is 13.3. The third-order valence-electron chi connectivity index (χ3n) is 11.9. The maximum Gasteiger partial charge on any atom is 0.422 e. The molecule has 54 heavy (non-hydrogen) atoms. The van der Waals surface area contributed by atoms with Gasteiger partial charge in [0.25, 0.3) is 5.92 Å². The Bertz CT molecular complexity index is 2000. The predicted octanol–water partition coefficient (Wildman–Crippen LogP) is 6.87. The van der Waals surface area contributed by atoms with Crippen LogP contribution in [0.25, 0.3) is 22.0 Å². The summed E-state index contributed by atoms with van der Waals surface area (Å²) >= 11 is 0. The number of amides is 1. The number of hydrogen-bond acceptors (Lipinski definition) is 9. The van der Waals surface area contributed by atoms with Crippen LogP contribution in [0.5, 0.6) is 11.8 Å². The lowest BCUT2D eigenvalue weighted by molar-refractivity contribution is -0.153. The molecule has 0 radical (unpaired) electrons. The molecule has 0 bridgehead atoms. The van der Waals surface area contributed by atoms with Crippen molar-refractivity contribution in [3.8, 4) is 22.9 Å². The molecule has 1 aromatic heterocycles. The van der Waals surface area contributed by atoms with Crippen molar-refractivity contribution in [2.75, 3.05) is 56.5 Å². The fraction of sp³-hybridized carbons (Fsp3) is 0.538. The quantitative estimate of drug-likeness (QED) is 0.0997. The lowest BCUT2D eigenvalue weighted by Crippen LogP contribution is -2.61. The summed E-state index contributed by atoms with van der Waals surface area (Å²) in [4.78, 5) is 27.6. The van der Waals surface area contributed by atoms with Crippen LogP contribution in [0.2, 0.25) is 0 Å². The Morgan fingerprint density at radius 3 is 2.41 bits per heavy atom. The van der Waals surface area contributed by atoms with Gasteiger partial charge in [-0.05, 0) is 73.4 Å². The lowest BCUT2D eigenvalue weighted by Gasteiger charge is -2.54. The van der Waals surface area contributed by atoms with Gasteiger partial charge in [0.2, 0.25) is 5.91 Å². The molecule has 2 aromatic carbocycles. The van der Waals surface area contributed by atoms with E-state index in [9.17, 15) is 26.7 Å². The second-order valence-corrected chi connectivity index (χ2v) is 15.8. The molecule has 1 amide bonds. The Labute approximate surface area is 310 Å². The third-order valence-corrected chi connectivity index (χ3v) is 11.9. The van der Waals surface area contributed by atoms with E-state index in [1.165, 1.54) is 6.08 Å². The number of likely N-dealkylation sites (tertiary alicyclic amines) is 2. The number of anilines is 2. The van der Waals surface area contributed by atoms with E-state index in [-0.39, 0.29) is 59.6 Å². The number of ether oxygens (including phenoxy) is 2. The summed E-state index contributed by atoms with van der Waals surface area (Å²) in [7, 11) is 0. The van der Waals surface area contributed by atoms with Gasteiger partial charge in [-0.1, -0.05) is 12.6 Å². The molecule has 1 spiro atoms. The number of aryl methyl sites for hydroxylation is 1. The summed E-state index contributed by atoms with van der Waals surface area (Å²) in [6.07, 6.45) is 1.42. The third kappa shape index (κ3) is 6.83. The Balaban J connectivity index is 1.23. The normalized spacial score (nSPS) is 23.6. The second-order valence-electron chi connectivity index (χ2n) is 15.8. The van der Waals surface area contributed by atoms with Crippen molar-refractivity contribution < 1.29 is 36.2 Å². The zero-order valence-corrected chi connectivity index (χ0v) is 30.2. The molecule has 5 fully saturated rings. The molecule has 2 aliphatic carbocycles. The average molecular weight is 754 g/mol. The lowest BCUT2D eigenvalue weighted by atomic mass is 9.72. The highest BCUT2D eigenvalue weighted by Crippen LogP contribution is 2.53. The van der Waals surface area contributed by atoms with Gasteiger partial charge in [-0.2, -0.15) is 23.1 Å². The van der Waals surface area contributed by atoms with E-state index in [4.69, 9.17) is 30.6 Å². The van der Waals surface area contributed by atoms with E-state index in [1.807, 2.05) is 13.0 Å². The number of alkyl halides is 5. The summed E-state index contributed by atoms with van der Waals surface area (Å²) in [5.74, 6) is -2.33. The topological polar surface area (TPSA) is 121 Å². The largest absolute Gasteiger partial charge is 0.481 e. The van der Waals surface area contributed by atoms with Crippen LogP contribution in [0.15, 0.2) is 30.9 Å². The van der Waals surface area contributed by atoms with Gasteiger partial charge < -0.3 is 30.4 Å². The number of aromatic nitrogens is 2. The maximum atomic E-state index is 14.0. The smallest absolute Gasteiger partial charge is 0.422 e. The van der Waals surface area contributed by atoms with Gasteiger partial charge in [0.15, 0.2) is 12.4 Å². The first-order chi connectivity index (χ1) is 25.7. The molecule has 3 aliphatic heterocycles. The van der Waals surface area contributed by atoms with E-state index in [1.54, 1.807) is 21.9 Å². The molecular weight excluding hydrogens is 709 g/mol. The number of benzene rings is 2. The van der Waals surface area contributed by atoms with Gasteiger partial charge in [-0.3, -0.25) is 9.69 Å². The SMILES string of the molecule is C=CC(=O)N1CC2(CCN(c3nc(OC4CC(N5CCC(F)(F)C5)C4)nc4c(OCC(F)(F)F)c(-c5c(C)ccc(N)c5C=N)c(C5CC5)cc34)CC2)C1. The minimum absolute atomic E-state index is 0.0297. The molecule has 15 heteroatoms. The summed E-state index contributed by atoms with van der Waals surface area (Å²) in [6, 6.07) is 5.32. The van der Waals surface area contributed by atoms with Crippen LogP contribution in [-0.2, 0) is 4.79 Å². The highest BCUT2D eigenvalue weighted by Gasteiger charge is 2.48. The number of halogens is 5. The minimum atomic E-state index is -4.67. The van der Waals surface area contributed by atoms with Crippen molar-refractivity contribution in [1.82, 2.24) is 19.8 Å². The van der Waals surface area contributed by atoms with Crippen molar-refractivity contribution >= 4 is 34.5 Å². The van der Waals surface area contributed by atoms with Crippen LogP contribution >= 0.6 is 0 Å². The Hall–Kier alpha value is -4.53. The summed E-state index contributed by atoms with van der Waals surface area (Å²) in [5.41, 5.74) is 9.58. The van der Waals surface area contributed by atoms with Crippen molar-refractivity contribution in [3.63, 3.8) is 0 Å². The highest BCUT2D eigenvalue weighted by atomic mass is 19.4. The van der Waals surface area contributed by atoms with Gasteiger partial charge in [0.05, 0.1) is 6.54 Å². The Morgan fingerprint density at radius 2 is 1.80 bits per heavy atom. The molecule has 288 valence electrons. The van der Waals surface area contributed by atoms with Gasteiger partial charge in [-0.15, -0.1) is 0 Å². The van der Waals surface area contributed by atoms with Crippen molar-refractivity contribution in [1.29, 1.82) is 5.41 Å². The first-order valence-electron chi connectivity index (χ1n) is 18.6. The number of nitrogens with zero attached hydrogens (tertiary/aromatic N) is 5. The number of carbonyl (C=O) groups is 1. The Morgan fingerprint density at radius 1 is 1.07 bits per heavy atom. The van der Waals surface area contributed by atoms with Crippen molar-refractivity contribution in [2.24, 2.45) is 5.41 Å². The van der Waals surface area contributed by atoms with Crippen LogP contribution in [0.3, 0.4) is 0 Å². The van der Waals surface area contributed by atoms with Gasteiger partial charge in [0.1, 0.15) is 17.4 Å². The summed E-state index contributed by atoms with van der Waals surface area (Å²) in [6.45, 7) is 6.32. The number of nitrogens with two attached hydrogens (primary N) is 1. The number of nitrogen functional groups attached to an aromatic ring is 1. The van der Waals surface area contributed by atoms with E-state index < -0.39 is 18.7 Å². The van der Waals surface area contributed by atoms with Gasteiger partial charge in [0, 0.05) is 91.9 Å². The molecule has 0 atom stereocenters. The van der Waals surface area contributed by atoms with Crippen molar-refractivity contribution in [3.05, 3.63) is 47.5 Å². The predicted molar refractivity (Wildman–Crippen MR) is 195 cm³/mol. The van der Waals surface area contributed by atoms with Crippen molar-refractivity contribution in [2.45, 2.75) is 82.0 Å². The monoisotopic (exact) mass is 753 g/mol. The number of nitrogens with one attached hydrogen (secondary N) is 1. The van der Waals surface area contributed by atoms with Gasteiger partial charge >= 0.3 is 12.2 Å². The Kier molecular flexibility index (Phi) is 9.01. The molecule has 2 saturated carbocycles. The molecular formula is C39H44F5N7O3. The van der Waals surface area contributed by atoms with E-state index in [0.29, 0.717) is 84.7 Å². The molecule has 3 saturated heterocycles. The average Bonchev–Trinajstić information content (AvgIpc) is 3.89. The van der Waals surface area contributed by atoms with Crippen LogP contribution < -0.4 is 20.1 Å². The number of fused-ring (bicyclic) bond motifs is 1. The first kappa shape index (κ1) is 36.4. The standard InChI is InChI=1S/C39H44F5N7O3/c1-3-30(52)51-18-37(19-51)8-11-49(12-9-37)35-27-16-26(23-5-6-23)32(31-22(2)4-7-29(46)28(31)17-45)34(53-21-39(42,43)44)33(27)47-36(48-35)54-25-14-24(15-25)50-13-10-38(40,41)20-50/h3-4,7,16-17,23-25,45H,1,5-6,8-15,18-21,46H2,2H3. The van der Waals surface area contributed by atoms with Crippen LogP contribution in [0.1, 0.15) is 67.6 Å². The van der Waals surface area contributed by atoms with Crippen LogP contribution in [0, 0.1) is 17.7 Å². The maximum absolute atomic E-state index is 14.0. The number of hydrogen-bond donors (Lipinski definition) is 2. The molecule has 3 N–H and O–H groups in total. The summed E-state index contributed by atoms with van der Waals surface area (Å²) < 4.78 is 82.1. The number of carbonyl (C=O) groups excluding carboxylic acids is 1. The molecule has 8 rings (SSSR count). The van der Waals surface area contributed by atoms with E-state index in [2.05, 4.69) is 11.5 Å².